The van der Waals surface area contributed by atoms with Crippen LogP contribution in [0.3, 0.4) is 0 Å². The molecule has 2 N–H and O–H groups in total. The molecule has 0 aromatic rings. The van der Waals surface area contributed by atoms with Crippen molar-refractivity contribution in [3.63, 3.8) is 0 Å². The van der Waals surface area contributed by atoms with Crippen LogP contribution in [0.1, 0.15) is 19.8 Å². The Morgan fingerprint density at radius 3 is 2.75 bits per heavy atom. The summed E-state index contributed by atoms with van der Waals surface area (Å²) >= 11 is 0. The average molecular weight is 172 g/mol. The molecule has 1 fully saturated rings. The molecule has 0 aromatic heterocycles. The summed E-state index contributed by atoms with van der Waals surface area (Å²) in [6, 6.07) is 0. The second-order valence-electron chi connectivity index (χ2n) is 3.70. The minimum Gasteiger partial charge on any atom is -0.374 e. The molecular weight excluding hydrogens is 152 g/mol. The standard InChI is InChI=1S/C9H20N2O/c1-8-3-4-9(12-8)7-11(2)6-5-10/h8-9H,3-7,10H2,1-2H3. The maximum Gasteiger partial charge on any atom is 0.0706 e. The van der Waals surface area contributed by atoms with Gasteiger partial charge in [0, 0.05) is 19.6 Å². The monoisotopic (exact) mass is 172 g/mol. The zero-order valence-corrected chi connectivity index (χ0v) is 8.12. The van der Waals surface area contributed by atoms with Crippen molar-refractivity contribution in [3.05, 3.63) is 0 Å². The molecule has 0 spiro atoms. The van der Waals surface area contributed by atoms with E-state index in [1.807, 2.05) is 0 Å². The molecule has 1 saturated heterocycles. The molecule has 12 heavy (non-hydrogen) atoms. The van der Waals surface area contributed by atoms with Crippen molar-refractivity contribution in [2.24, 2.45) is 5.73 Å². The number of hydrogen-bond donors (Lipinski definition) is 1. The highest BCUT2D eigenvalue weighted by molar-refractivity contribution is 4.73. The number of nitrogens with zero attached hydrogens (tertiary/aromatic N) is 1. The van der Waals surface area contributed by atoms with Gasteiger partial charge in [-0.3, -0.25) is 0 Å². The summed E-state index contributed by atoms with van der Waals surface area (Å²) < 4.78 is 5.70. The summed E-state index contributed by atoms with van der Waals surface area (Å²) in [5.41, 5.74) is 5.45. The Kier molecular flexibility index (Phi) is 3.98. The predicted molar refractivity (Wildman–Crippen MR) is 50.1 cm³/mol. The Morgan fingerprint density at radius 1 is 1.50 bits per heavy atom. The number of nitrogens with two attached hydrogens (primary N) is 1. The first-order chi connectivity index (χ1) is 5.72. The van der Waals surface area contributed by atoms with Gasteiger partial charge < -0.3 is 15.4 Å². The summed E-state index contributed by atoms with van der Waals surface area (Å²) in [4.78, 5) is 2.24. The van der Waals surface area contributed by atoms with Crippen molar-refractivity contribution < 1.29 is 4.74 Å². The van der Waals surface area contributed by atoms with Crippen LogP contribution in [0.5, 0.6) is 0 Å². The highest BCUT2D eigenvalue weighted by Crippen LogP contribution is 2.19. The van der Waals surface area contributed by atoms with E-state index in [0.29, 0.717) is 12.2 Å². The first-order valence-corrected chi connectivity index (χ1v) is 4.76. The van der Waals surface area contributed by atoms with Gasteiger partial charge in [-0.25, -0.2) is 0 Å². The number of rotatable bonds is 4. The first kappa shape index (κ1) is 9.96. The smallest absolute Gasteiger partial charge is 0.0706 e. The van der Waals surface area contributed by atoms with Gasteiger partial charge in [0.05, 0.1) is 12.2 Å². The fraction of sp³-hybridized carbons (Fsp3) is 1.00. The molecule has 1 aliphatic heterocycles. The third-order valence-electron chi connectivity index (χ3n) is 2.35. The van der Waals surface area contributed by atoms with Crippen LogP contribution >= 0.6 is 0 Å². The molecule has 1 aliphatic rings. The largest absolute Gasteiger partial charge is 0.374 e. The normalized spacial score (nSPS) is 30.0. The van der Waals surface area contributed by atoms with Gasteiger partial charge >= 0.3 is 0 Å². The Hall–Kier alpha value is -0.120. The molecular formula is C9H20N2O. The highest BCUT2D eigenvalue weighted by Gasteiger charge is 2.22. The lowest BCUT2D eigenvalue weighted by Gasteiger charge is -2.19. The molecule has 0 aromatic carbocycles. The maximum absolute atomic E-state index is 5.70. The van der Waals surface area contributed by atoms with E-state index in [0.717, 1.165) is 19.6 Å². The van der Waals surface area contributed by atoms with Crippen LogP contribution in [0.2, 0.25) is 0 Å². The molecule has 1 rings (SSSR count). The summed E-state index contributed by atoms with van der Waals surface area (Å²) in [5, 5.41) is 0. The Labute approximate surface area is 74.9 Å². The maximum atomic E-state index is 5.70. The van der Waals surface area contributed by atoms with E-state index < -0.39 is 0 Å². The molecule has 2 atom stereocenters. The van der Waals surface area contributed by atoms with E-state index in [2.05, 4.69) is 18.9 Å². The summed E-state index contributed by atoms with van der Waals surface area (Å²) in [7, 11) is 2.10. The van der Waals surface area contributed by atoms with Crippen molar-refractivity contribution in [2.45, 2.75) is 32.0 Å². The lowest BCUT2D eigenvalue weighted by atomic mass is 10.2. The van der Waals surface area contributed by atoms with Gasteiger partial charge in [-0.05, 0) is 26.8 Å². The highest BCUT2D eigenvalue weighted by atomic mass is 16.5. The van der Waals surface area contributed by atoms with Crippen LogP contribution in [-0.4, -0.2) is 43.8 Å². The first-order valence-electron chi connectivity index (χ1n) is 4.76. The van der Waals surface area contributed by atoms with E-state index in [9.17, 15) is 0 Å². The Bertz CT molecular complexity index is 130. The molecule has 0 saturated carbocycles. The zero-order valence-electron chi connectivity index (χ0n) is 8.12. The summed E-state index contributed by atoms with van der Waals surface area (Å²) in [6.07, 6.45) is 3.31. The van der Waals surface area contributed by atoms with Gasteiger partial charge in [-0.15, -0.1) is 0 Å². The molecule has 0 bridgehead atoms. The van der Waals surface area contributed by atoms with E-state index in [1.54, 1.807) is 0 Å². The van der Waals surface area contributed by atoms with E-state index >= 15 is 0 Å². The second-order valence-corrected chi connectivity index (χ2v) is 3.70. The van der Waals surface area contributed by atoms with Crippen LogP contribution in [0.15, 0.2) is 0 Å². The van der Waals surface area contributed by atoms with Crippen LogP contribution in [0.25, 0.3) is 0 Å². The minimum atomic E-state index is 0.441. The Morgan fingerprint density at radius 2 is 2.25 bits per heavy atom. The molecule has 0 aliphatic carbocycles. The van der Waals surface area contributed by atoms with Crippen molar-refractivity contribution >= 4 is 0 Å². The molecule has 1 heterocycles. The average Bonchev–Trinajstić information content (AvgIpc) is 2.36. The van der Waals surface area contributed by atoms with E-state index in [4.69, 9.17) is 10.5 Å². The molecule has 72 valence electrons. The predicted octanol–water partition coefficient (Wildman–Crippen LogP) is 0.444. The summed E-state index contributed by atoms with van der Waals surface area (Å²) in [5.74, 6) is 0. The zero-order chi connectivity index (χ0) is 8.97. The number of hydrogen-bond acceptors (Lipinski definition) is 3. The van der Waals surface area contributed by atoms with Crippen LogP contribution in [0, 0.1) is 0 Å². The fourth-order valence-corrected chi connectivity index (χ4v) is 1.68. The van der Waals surface area contributed by atoms with Gasteiger partial charge in [0.25, 0.3) is 0 Å². The second kappa shape index (κ2) is 4.80. The van der Waals surface area contributed by atoms with Crippen LogP contribution in [-0.2, 0) is 4.74 Å². The lowest BCUT2D eigenvalue weighted by Crippen LogP contribution is -2.32. The minimum absolute atomic E-state index is 0.441. The fourth-order valence-electron chi connectivity index (χ4n) is 1.68. The topological polar surface area (TPSA) is 38.5 Å². The van der Waals surface area contributed by atoms with Crippen molar-refractivity contribution in [3.8, 4) is 0 Å². The lowest BCUT2D eigenvalue weighted by molar-refractivity contribution is 0.0370. The van der Waals surface area contributed by atoms with Crippen LogP contribution in [0.4, 0.5) is 0 Å². The quantitative estimate of drug-likeness (QED) is 0.669. The van der Waals surface area contributed by atoms with E-state index in [-0.39, 0.29) is 0 Å². The van der Waals surface area contributed by atoms with Gasteiger partial charge in [0.15, 0.2) is 0 Å². The van der Waals surface area contributed by atoms with Crippen molar-refractivity contribution in [2.75, 3.05) is 26.7 Å². The molecule has 0 amide bonds. The van der Waals surface area contributed by atoms with Gasteiger partial charge in [-0.2, -0.15) is 0 Å². The van der Waals surface area contributed by atoms with Crippen molar-refractivity contribution in [1.29, 1.82) is 0 Å². The SMILES string of the molecule is CC1CCC(CN(C)CCN)O1. The molecule has 3 heteroatoms. The third-order valence-corrected chi connectivity index (χ3v) is 2.35. The van der Waals surface area contributed by atoms with Crippen LogP contribution < -0.4 is 5.73 Å². The molecule has 3 nitrogen and oxygen atoms in total. The summed E-state index contributed by atoms with van der Waals surface area (Å²) in [6.45, 7) is 4.87. The Balaban J connectivity index is 2.14. The van der Waals surface area contributed by atoms with Gasteiger partial charge in [0.2, 0.25) is 0 Å². The number of likely N-dealkylation sites (N-methyl/N-ethyl adjacent to an activating group) is 1. The van der Waals surface area contributed by atoms with Crippen molar-refractivity contribution in [1.82, 2.24) is 4.90 Å². The van der Waals surface area contributed by atoms with Gasteiger partial charge in [0.1, 0.15) is 0 Å². The molecule has 2 unspecified atom stereocenters. The molecule has 0 radical (unpaired) electrons. The number of ether oxygens (including phenoxy) is 1. The third kappa shape index (κ3) is 3.09. The van der Waals surface area contributed by atoms with E-state index in [1.165, 1.54) is 12.8 Å². The van der Waals surface area contributed by atoms with Gasteiger partial charge in [-0.1, -0.05) is 0 Å².